The predicted octanol–water partition coefficient (Wildman–Crippen LogP) is 2.42. The van der Waals surface area contributed by atoms with Crippen molar-refractivity contribution in [3.05, 3.63) is 33.9 Å². The summed E-state index contributed by atoms with van der Waals surface area (Å²) in [6.45, 7) is 5.83. The summed E-state index contributed by atoms with van der Waals surface area (Å²) in [5.41, 5.74) is -0.513. The van der Waals surface area contributed by atoms with Gasteiger partial charge in [0.25, 0.3) is 5.91 Å². The van der Waals surface area contributed by atoms with Gasteiger partial charge >= 0.3 is 5.69 Å². The van der Waals surface area contributed by atoms with Crippen molar-refractivity contribution in [1.82, 2.24) is 4.90 Å². The van der Waals surface area contributed by atoms with E-state index < -0.39 is 22.3 Å². The fourth-order valence-electron chi connectivity index (χ4n) is 1.67. The first-order chi connectivity index (χ1) is 8.77. The molecule has 0 aliphatic rings. The van der Waals surface area contributed by atoms with E-state index in [1.165, 1.54) is 17.0 Å². The second-order valence-electron chi connectivity index (χ2n) is 4.83. The minimum absolute atomic E-state index is 0.0360. The first-order valence-electron chi connectivity index (χ1n) is 6.00. The van der Waals surface area contributed by atoms with Gasteiger partial charge in [0.1, 0.15) is 0 Å². The van der Waals surface area contributed by atoms with Crippen molar-refractivity contribution in [3.8, 4) is 5.75 Å². The van der Waals surface area contributed by atoms with Gasteiger partial charge in [0, 0.05) is 19.2 Å². The lowest BCUT2D eigenvalue weighted by Gasteiger charge is -2.28. The van der Waals surface area contributed by atoms with Crippen molar-refractivity contribution in [2.24, 2.45) is 5.92 Å². The number of aromatic hydroxyl groups is 1. The third-order valence-corrected chi connectivity index (χ3v) is 3.34. The molecule has 19 heavy (non-hydrogen) atoms. The molecule has 1 rings (SSSR count). The number of para-hydroxylation sites is 1. The van der Waals surface area contributed by atoms with Crippen LogP contribution in [0.5, 0.6) is 5.75 Å². The number of benzene rings is 1. The number of nitrogens with zero attached hydrogens (tertiary/aromatic N) is 2. The highest BCUT2D eigenvalue weighted by molar-refractivity contribution is 5.98. The van der Waals surface area contributed by atoms with Gasteiger partial charge in [-0.25, -0.2) is 0 Å². The van der Waals surface area contributed by atoms with Crippen LogP contribution in [0.2, 0.25) is 0 Å². The summed E-state index contributed by atoms with van der Waals surface area (Å²) in [5.74, 6) is -0.766. The molecule has 0 aliphatic heterocycles. The molecule has 0 aromatic heterocycles. The van der Waals surface area contributed by atoms with Crippen LogP contribution in [0.4, 0.5) is 5.69 Å². The number of carbonyl (C=O) groups excluding carboxylic acids is 1. The van der Waals surface area contributed by atoms with Crippen molar-refractivity contribution < 1.29 is 14.8 Å². The topological polar surface area (TPSA) is 83.7 Å². The van der Waals surface area contributed by atoms with E-state index in [0.29, 0.717) is 0 Å². The molecule has 0 radical (unpaired) electrons. The van der Waals surface area contributed by atoms with Gasteiger partial charge in [-0.3, -0.25) is 14.9 Å². The Morgan fingerprint density at radius 1 is 1.37 bits per heavy atom. The van der Waals surface area contributed by atoms with Crippen molar-refractivity contribution in [3.63, 3.8) is 0 Å². The van der Waals surface area contributed by atoms with E-state index in [0.717, 1.165) is 6.07 Å². The maximum Gasteiger partial charge on any atom is 0.311 e. The van der Waals surface area contributed by atoms with Crippen LogP contribution in [-0.2, 0) is 0 Å². The van der Waals surface area contributed by atoms with Gasteiger partial charge in [0.05, 0.1) is 10.5 Å². The Labute approximate surface area is 111 Å². The largest absolute Gasteiger partial charge is 0.502 e. The lowest BCUT2D eigenvalue weighted by atomic mass is 10.0. The number of carbonyl (C=O) groups is 1. The molecule has 0 fully saturated rings. The number of phenols is 1. The minimum Gasteiger partial charge on any atom is -0.502 e. The number of hydrogen-bond donors (Lipinski definition) is 1. The summed E-state index contributed by atoms with van der Waals surface area (Å²) >= 11 is 0. The van der Waals surface area contributed by atoms with Gasteiger partial charge in [-0.2, -0.15) is 0 Å². The van der Waals surface area contributed by atoms with E-state index in [1.807, 2.05) is 20.8 Å². The standard InChI is InChI=1S/C13H18N2O4/c1-8(2)9(3)14(4)13(17)10-6-5-7-11(12(10)16)15(18)19/h5-9,16H,1-4H3. The second kappa shape index (κ2) is 5.69. The number of rotatable bonds is 4. The zero-order valence-electron chi connectivity index (χ0n) is 11.5. The fraction of sp³-hybridized carbons (Fsp3) is 0.462. The third-order valence-electron chi connectivity index (χ3n) is 3.34. The molecule has 0 heterocycles. The lowest BCUT2D eigenvalue weighted by Crippen LogP contribution is -2.38. The third kappa shape index (κ3) is 3.01. The van der Waals surface area contributed by atoms with E-state index in [9.17, 15) is 20.0 Å². The Bertz CT molecular complexity index is 499. The number of phenolic OH excluding ortho intramolecular Hbond substituents is 1. The molecule has 6 nitrogen and oxygen atoms in total. The first kappa shape index (κ1) is 14.9. The molecule has 1 aromatic carbocycles. The summed E-state index contributed by atoms with van der Waals surface area (Å²) < 4.78 is 0. The summed E-state index contributed by atoms with van der Waals surface area (Å²) in [5, 5.41) is 20.5. The lowest BCUT2D eigenvalue weighted by molar-refractivity contribution is -0.385. The second-order valence-corrected chi connectivity index (χ2v) is 4.83. The van der Waals surface area contributed by atoms with E-state index in [1.54, 1.807) is 7.05 Å². The summed E-state index contributed by atoms with van der Waals surface area (Å²) in [4.78, 5) is 23.7. The molecule has 1 amide bonds. The molecule has 0 saturated carbocycles. The van der Waals surface area contributed by atoms with Crippen LogP contribution in [0.3, 0.4) is 0 Å². The molecule has 0 aliphatic carbocycles. The zero-order valence-corrected chi connectivity index (χ0v) is 11.5. The van der Waals surface area contributed by atoms with Gasteiger partial charge in [0.15, 0.2) is 0 Å². The number of amides is 1. The normalized spacial score (nSPS) is 12.3. The number of nitro benzene ring substituents is 1. The van der Waals surface area contributed by atoms with Crippen LogP contribution < -0.4 is 0 Å². The van der Waals surface area contributed by atoms with Crippen molar-refractivity contribution in [1.29, 1.82) is 0 Å². The van der Waals surface area contributed by atoms with Crippen LogP contribution in [0.1, 0.15) is 31.1 Å². The monoisotopic (exact) mass is 266 g/mol. The van der Waals surface area contributed by atoms with E-state index >= 15 is 0 Å². The highest BCUT2D eigenvalue weighted by atomic mass is 16.6. The summed E-state index contributed by atoms with van der Waals surface area (Å²) in [6.07, 6.45) is 0. The van der Waals surface area contributed by atoms with Crippen LogP contribution in [0, 0.1) is 16.0 Å². The molecule has 0 bridgehead atoms. The predicted molar refractivity (Wildman–Crippen MR) is 71.2 cm³/mol. The Kier molecular flexibility index (Phi) is 4.47. The summed E-state index contributed by atoms with van der Waals surface area (Å²) in [6, 6.07) is 3.90. The number of hydrogen-bond acceptors (Lipinski definition) is 4. The SMILES string of the molecule is CC(C)C(C)N(C)C(=O)c1cccc([N+](=O)[O-])c1O. The van der Waals surface area contributed by atoms with Crippen LogP contribution in [0.25, 0.3) is 0 Å². The average molecular weight is 266 g/mol. The van der Waals surface area contributed by atoms with Gasteiger partial charge in [-0.15, -0.1) is 0 Å². The van der Waals surface area contributed by atoms with E-state index in [-0.39, 0.29) is 17.5 Å². The Balaban J connectivity index is 3.14. The maximum absolute atomic E-state index is 12.2. The van der Waals surface area contributed by atoms with Crippen molar-refractivity contribution in [2.75, 3.05) is 7.05 Å². The first-order valence-corrected chi connectivity index (χ1v) is 6.00. The Hall–Kier alpha value is -2.11. The van der Waals surface area contributed by atoms with Gasteiger partial charge in [-0.05, 0) is 18.9 Å². The van der Waals surface area contributed by atoms with E-state index in [2.05, 4.69) is 0 Å². The van der Waals surface area contributed by atoms with Crippen molar-refractivity contribution >= 4 is 11.6 Å². The summed E-state index contributed by atoms with van der Waals surface area (Å²) in [7, 11) is 1.62. The van der Waals surface area contributed by atoms with Crippen LogP contribution in [-0.4, -0.2) is 33.9 Å². The zero-order chi connectivity index (χ0) is 14.7. The molecule has 1 unspecified atom stereocenters. The van der Waals surface area contributed by atoms with Crippen molar-refractivity contribution in [2.45, 2.75) is 26.8 Å². The molecule has 104 valence electrons. The molecule has 1 aromatic rings. The fourth-order valence-corrected chi connectivity index (χ4v) is 1.67. The highest BCUT2D eigenvalue weighted by Crippen LogP contribution is 2.30. The molecule has 1 N–H and O–H groups in total. The smallest absolute Gasteiger partial charge is 0.311 e. The average Bonchev–Trinajstić information content (AvgIpc) is 2.35. The van der Waals surface area contributed by atoms with Gasteiger partial charge in [-0.1, -0.05) is 19.9 Å². The Morgan fingerprint density at radius 2 is 1.95 bits per heavy atom. The molecular weight excluding hydrogens is 248 g/mol. The molecular formula is C13H18N2O4. The quantitative estimate of drug-likeness (QED) is 0.670. The molecule has 1 atom stereocenters. The minimum atomic E-state index is -0.710. The Morgan fingerprint density at radius 3 is 2.42 bits per heavy atom. The van der Waals surface area contributed by atoms with Gasteiger partial charge < -0.3 is 10.0 Å². The maximum atomic E-state index is 12.2. The molecule has 0 spiro atoms. The molecule has 6 heteroatoms. The highest BCUT2D eigenvalue weighted by Gasteiger charge is 2.26. The van der Waals surface area contributed by atoms with Gasteiger partial charge in [0.2, 0.25) is 5.75 Å². The number of nitro groups is 1. The van der Waals surface area contributed by atoms with E-state index in [4.69, 9.17) is 0 Å². The molecule has 0 saturated heterocycles. The van der Waals surface area contributed by atoms with Crippen LogP contribution in [0.15, 0.2) is 18.2 Å². The van der Waals surface area contributed by atoms with Crippen LogP contribution >= 0.6 is 0 Å².